The smallest absolute Gasteiger partial charge is 0.241 e. The first-order valence-electron chi connectivity index (χ1n) is 8.37. The van der Waals surface area contributed by atoms with Crippen LogP contribution in [-0.4, -0.2) is 21.4 Å². The molecule has 0 heterocycles. The predicted molar refractivity (Wildman–Crippen MR) is 102 cm³/mol. The summed E-state index contributed by atoms with van der Waals surface area (Å²) in [5.74, 6) is -0.456. The van der Waals surface area contributed by atoms with Crippen LogP contribution < -0.4 is 14.8 Å². The van der Waals surface area contributed by atoms with Gasteiger partial charge in [-0.3, -0.25) is 4.79 Å². The third-order valence-corrected chi connectivity index (χ3v) is 5.41. The molecule has 0 saturated heterocycles. The Hall–Kier alpha value is -2.45. The summed E-state index contributed by atoms with van der Waals surface area (Å²) in [6.45, 7) is 5.06. The first-order chi connectivity index (χ1) is 12.6. The highest BCUT2D eigenvalue weighted by Gasteiger charge is 2.25. The summed E-state index contributed by atoms with van der Waals surface area (Å²) >= 11 is 0. The van der Waals surface area contributed by atoms with Gasteiger partial charge in [0, 0.05) is 13.0 Å². The van der Waals surface area contributed by atoms with Gasteiger partial charge in [-0.1, -0.05) is 26.0 Å². The molecule has 2 N–H and O–H groups in total. The first kappa shape index (κ1) is 20.9. The Balaban J connectivity index is 2.38. The summed E-state index contributed by atoms with van der Waals surface area (Å²) in [5, 5.41) is 2.55. The summed E-state index contributed by atoms with van der Waals surface area (Å²) in [7, 11) is -2.47. The van der Waals surface area contributed by atoms with Crippen molar-refractivity contribution in [1.82, 2.24) is 4.72 Å². The molecular formula is C19H23FN2O4S. The van der Waals surface area contributed by atoms with Gasteiger partial charge in [0.05, 0.1) is 17.7 Å². The van der Waals surface area contributed by atoms with Crippen LogP contribution in [0.25, 0.3) is 0 Å². The molecule has 8 heteroatoms. The van der Waals surface area contributed by atoms with Crippen LogP contribution in [0.1, 0.15) is 32.4 Å². The SMILES string of the molecule is COc1ccc(S(=O)(=O)NC(c2ccc(F)cc2)C(C)C)cc1NC(C)=O. The number of nitrogens with one attached hydrogen (secondary N) is 2. The fourth-order valence-electron chi connectivity index (χ4n) is 2.64. The quantitative estimate of drug-likeness (QED) is 0.753. The third kappa shape index (κ3) is 5.27. The molecule has 0 aliphatic heterocycles. The molecular weight excluding hydrogens is 371 g/mol. The number of anilines is 1. The minimum absolute atomic E-state index is 0.0141. The Morgan fingerprint density at radius 1 is 1.11 bits per heavy atom. The van der Waals surface area contributed by atoms with Crippen molar-refractivity contribution < 1.29 is 22.3 Å². The maximum Gasteiger partial charge on any atom is 0.241 e. The molecule has 27 heavy (non-hydrogen) atoms. The lowest BCUT2D eigenvalue weighted by atomic mass is 9.97. The predicted octanol–water partition coefficient (Wildman–Crippen LogP) is 3.47. The second-order valence-corrected chi connectivity index (χ2v) is 8.15. The van der Waals surface area contributed by atoms with Crippen molar-refractivity contribution in [2.45, 2.75) is 31.7 Å². The van der Waals surface area contributed by atoms with Crippen LogP contribution in [0.3, 0.4) is 0 Å². The van der Waals surface area contributed by atoms with Gasteiger partial charge in [0.25, 0.3) is 0 Å². The van der Waals surface area contributed by atoms with Crippen molar-refractivity contribution in [2.75, 3.05) is 12.4 Å². The van der Waals surface area contributed by atoms with Crippen LogP contribution >= 0.6 is 0 Å². The van der Waals surface area contributed by atoms with Crippen LogP contribution in [-0.2, 0) is 14.8 Å². The summed E-state index contributed by atoms with van der Waals surface area (Å²) in [4.78, 5) is 11.3. The number of methoxy groups -OCH3 is 1. The van der Waals surface area contributed by atoms with Gasteiger partial charge in [-0.15, -0.1) is 0 Å². The third-order valence-electron chi connectivity index (χ3n) is 3.97. The summed E-state index contributed by atoms with van der Waals surface area (Å²) in [5.41, 5.74) is 0.918. The molecule has 2 aromatic carbocycles. The Bertz CT molecular complexity index is 912. The van der Waals surface area contributed by atoms with Crippen molar-refractivity contribution >= 4 is 21.6 Å². The molecule has 0 aliphatic carbocycles. The number of hydrogen-bond acceptors (Lipinski definition) is 4. The van der Waals surface area contributed by atoms with Gasteiger partial charge < -0.3 is 10.1 Å². The number of ether oxygens (including phenoxy) is 1. The molecule has 0 fully saturated rings. The highest BCUT2D eigenvalue weighted by Crippen LogP contribution is 2.29. The summed E-state index contributed by atoms with van der Waals surface area (Å²) in [6, 6.07) is 9.37. The number of hydrogen-bond donors (Lipinski definition) is 2. The zero-order valence-corrected chi connectivity index (χ0v) is 16.4. The highest BCUT2D eigenvalue weighted by molar-refractivity contribution is 7.89. The van der Waals surface area contributed by atoms with Crippen LogP contribution in [0.5, 0.6) is 5.75 Å². The number of sulfonamides is 1. The van der Waals surface area contributed by atoms with Crippen molar-refractivity contribution in [2.24, 2.45) is 5.92 Å². The van der Waals surface area contributed by atoms with E-state index in [1.54, 1.807) is 12.1 Å². The molecule has 0 saturated carbocycles. The van der Waals surface area contributed by atoms with E-state index in [0.29, 0.717) is 11.3 Å². The molecule has 1 amide bonds. The Morgan fingerprint density at radius 3 is 2.26 bits per heavy atom. The number of benzene rings is 2. The first-order valence-corrected chi connectivity index (χ1v) is 9.86. The topological polar surface area (TPSA) is 84.5 Å². The molecule has 1 unspecified atom stereocenters. The van der Waals surface area contributed by atoms with Crippen LogP contribution in [0.15, 0.2) is 47.4 Å². The van der Waals surface area contributed by atoms with Gasteiger partial charge in [0.1, 0.15) is 11.6 Å². The lowest BCUT2D eigenvalue weighted by Crippen LogP contribution is -2.32. The van der Waals surface area contributed by atoms with E-state index in [1.165, 1.54) is 44.4 Å². The molecule has 1 atom stereocenters. The van der Waals surface area contributed by atoms with Crippen molar-refractivity contribution in [3.05, 3.63) is 53.8 Å². The zero-order chi connectivity index (χ0) is 20.2. The molecule has 6 nitrogen and oxygen atoms in total. The second kappa shape index (κ2) is 8.49. The standard InChI is InChI=1S/C19H23FN2O4S/c1-12(2)19(14-5-7-15(20)8-6-14)22-27(24,25)16-9-10-18(26-4)17(11-16)21-13(3)23/h5-12,19,22H,1-4H3,(H,21,23). The molecule has 0 radical (unpaired) electrons. The van der Waals surface area contributed by atoms with E-state index in [9.17, 15) is 17.6 Å². The minimum Gasteiger partial charge on any atom is -0.495 e. The number of halogens is 1. The normalized spacial score (nSPS) is 12.7. The average Bonchev–Trinajstić information content (AvgIpc) is 2.60. The number of carbonyl (C=O) groups excluding carboxylic acids is 1. The van der Waals surface area contributed by atoms with Crippen LogP contribution in [0.4, 0.5) is 10.1 Å². The lowest BCUT2D eigenvalue weighted by Gasteiger charge is -2.23. The van der Waals surface area contributed by atoms with Gasteiger partial charge >= 0.3 is 0 Å². The van der Waals surface area contributed by atoms with Crippen molar-refractivity contribution in [3.63, 3.8) is 0 Å². The molecule has 0 aliphatic rings. The van der Waals surface area contributed by atoms with Crippen molar-refractivity contribution in [1.29, 1.82) is 0 Å². The van der Waals surface area contributed by atoms with Gasteiger partial charge in [-0.25, -0.2) is 17.5 Å². The Kier molecular flexibility index (Phi) is 6.56. The Morgan fingerprint density at radius 2 is 1.74 bits per heavy atom. The minimum atomic E-state index is -3.90. The monoisotopic (exact) mass is 394 g/mol. The maximum absolute atomic E-state index is 13.2. The molecule has 2 rings (SSSR count). The maximum atomic E-state index is 13.2. The molecule has 0 bridgehead atoms. The van der Waals surface area contributed by atoms with Gasteiger partial charge in [0.2, 0.25) is 15.9 Å². The number of rotatable bonds is 7. The Labute approximate surface area is 158 Å². The van der Waals surface area contributed by atoms with E-state index in [4.69, 9.17) is 4.74 Å². The number of carbonyl (C=O) groups is 1. The van der Waals surface area contributed by atoms with E-state index in [1.807, 2.05) is 13.8 Å². The zero-order valence-electron chi connectivity index (χ0n) is 15.6. The van der Waals surface area contributed by atoms with E-state index < -0.39 is 16.1 Å². The van der Waals surface area contributed by atoms with Gasteiger partial charge in [-0.2, -0.15) is 0 Å². The fraction of sp³-hybridized carbons (Fsp3) is 0.316. The van der Waals surface area contributed by atoms with E-state index >= 15 is 0 Å². The van der Waals surface area contributed by atoms with Gasteiger partial charge in [-0.05, 0) is 41.8 Å². The van der Waals surface area contributed by atoms with Crippen LogP contribution in [0.2, 0.25) is 0 Å². The number of amides is 1. The summed E-state index contributed by atoms with van der Waals surface area (Å²) in [6.07, 6.45) is 0. The molecule has 2 aromatic rings. The van der Waals surface area contributed by atoms with Gasteiger partial charge in [0.15, 0.2) is 0 Å². The highest BCUT2D eigenvalue weighted by atomic mass is 32.2. The summed E-state index contributed by atoms with van der Waals surface area (Å²) < 4.78 is 46.8. The second-order valence-electron chi connectivity index (χ2n) is 6.44. The molecule has 0 spiro atoms. The van der Waals surface area contributed by atoms with Crippen molar-refractivity contribution in [3.8, 4) is 5.75 Å². The van der Waals surface area contributed by atoms with E-state index in [-0.39, 0.29) is 28.2 Å². The average molecular weight is 394 g/mol. The molecule has 146 valence electrons. The largest absolute Gasteiger partial charge is 0.495 e. The fourth-order valence-corrected chi connectivity index (χ4v) is 4.03. The molecule has 0 aromatic heterocycles. The van der Waals surface area contributed by atoms with Crippen LogP contribution in [0, 0.1) is 11.7 Å². The van der Waals surface area contributed by atoms with E-state index in [2.05, 4.69) is 10.0 Å². The lowest BCUT2D eigenvalue weighted by molar-refractivity contribution is -0.114. The van der Waals surface area contributed by atoms with E-state index in [0.717, 1.165) is 0 Å².